The maximum Gasteiger partial charge on any atom is 0.256 e. The molecular weight excluding hydrogens is 471 g/mol. The Kier molecular flexibility index (Phi) is 6.60. The SMILES string of the molecule is CN1CCN(Cc2ccc(C(=O)Nc3sc4c(Cl)c(O)c(Cl)cc4c3C(N)=O)cc2)CC1. The zero-order valence-corrected chi connectivity index (χ0v) is 19.7. The fourth-order valence-corrected chi connectivity index (χ4v) is 5.37. The molecule has 4 rings (SSSR count). The van der Waals surface area contributed by atoms with Crippen LogP contribution in [0.5, 0.6) is 5.75 Å². The van der Waals surface area contributed by atoms with Gasteiger partial charge in [-0.05, 0) is 30.8 Å². The molecule has 2 amide bonds. The Morgan fingerprint density at radius 2 is 1.81 bits per heavy atom. The number of carbonyl (C=O) groups is 2. The molecule has 3 aromatic rings. The maximum atomic E-state index is 12.8. The molecule has 0 radical (unpaired) electrons. The van der Waals surface area contributed by atoms with Crippen molar-refractivity contribution in [3.05, 3.63) is 57.1 Å². The number of nitrogens with zero attached hydrogens (tertiary/aromatic N) is 2. The molecule has 1 aliphatic heterocycles. The van der Waals surface area contributed by atoms with Gasteiger partial charge in [0.1, 0.15) is 10.0 Å². The number of benzene rings is 2. The Morgan fingerprint density at radius 1 is 1.16 bits per heavy atom. The first-order valence-corrected chi connectivity index (χ1v) is 11.6. The first-order valence-electron chi connectivity index (χ1n) is 9.99. The van der Waals surface area contributed by atoms with Gasteiger partial charge >= 0.3 is 0 Å². The van der Waals surface area contributed by atoms with E-state index in [2.05, 4.69) is 22.2 Å². The van der Waals surface area contributed by atoms with Gasteiger partial charge in [0.2, 0.25) is 0 Å². The van der Waals surface area contributed by atoms with Crippen LogP contribution in [0, 0.1) is 0 Å². The normalized spacial score (nSPS) is 15.2. The van der Waals surface area contributed by atoms with E-state index < -0.39 is 5.91 Å². The van der Waals surface area contributed by atoms with Crippen molar-refractivity contribution < 1.29 is 14.7 Å². The topological polar surface area (TPSA) is 98.9 Å². The molecule has 0 aliphatic carbocycles. The fourth-order valence-electron chi connectivity index (χ4n) is 3.69. The van der Waals surface area contributed by atoms with Gasteiger partial charge in [-0.2, -0.15) is 0 Å². The number of likely N-dealkylation sites (N-methyl/N-ethyl adjacent to an activating group) is 1. The summed E-state index contributed by atoms with van der Waals surface area (Å²) in [5, 5.41) is 13.4. The highest BCUT2D eigenvalue weighted by Gasteiger charge is 2.23. The summed E-state index contributed by atoms with van der Waals surface area (Å²) in [7, 11) is 2.12. The third-order valence-corrected chi connectivity index (χ3v) is 7.45. The molecular formula is C22H22Cl2N4O3S. The van der Waals surface area contributed by atoms with Gasteiger partial charge in [-0.25, -0.2) is 0 Å². The van der Waals surface area contributed by atoms with Crippen LogP contribution in [0.4, 0.5) is 5.00 Å². The van der Waals surface area contributed by atoms with E-state index >= 15 is 0 Å². The van der Waals surface area contributed by atoms with Crippen LogP contribution in [0.15, 0.2) is 30.3 Å². The molecule has 2 aromatic carbocycles. The van der Waals surface area contributed by atoms with Gasteiger partial charge in [0.05, 0.1) is 15.3 Å². The van der Waals surface area contributed by atoms with Crippen LogP contribution < -0.4 is 11.1 Å². The largest absolute Gasteiger partial charge is 0.505 e. The van der Waals surface area contributed by atoms with Crippen LogP contribution in [0.25, 0.3) is 10.1 Å². The van der Waals surface area contributed by atoms with Gasteiger partial charge in [0.15, 0.2) is 5.75 Å². The minimum atomic E-state index is -0.730. The lowest BCUT2D eigenvalue weighted by molar-refractivity contribution is 0.100. The van der Waals surface area contributed by atoms with Crippen molar-refractivity contribution >= 4 is 61.4 Å². The van der Waals surface area contributed by atoms with Crippen molar-refractivity contribution in [3.8, 4) is 5.75 Å². The fraction of sp³-hybridized carbons (Fsp3) is 0.273. The Bertz CT molecular complexity index is 1190. The van der Waals surface area contributed by atoms with Crippen molar-refractivity contribution in [1.82, 2.24) is 9.80 Å². The van der Waals surface area contributed by atoms with Gasteiger partial charge in [-0.1, -0.05) is 35.3 Å². The summed E-state index contributed by atoms with van der Waals surface area (Å²) in [6.45, 7) is 4.96. The number of phenolic OH excluding ortho intramolecular Hbond substituents is 1. The highest BCUT2D eigenvalue weighted by Crippen LogP contribution is 2.46. The van der Waals surface area contributed by atoms with E-state index in [-0.39, 0.29) is 32.3 Å². The average molecular weight is 493 g/mol. The standard InChI is InChI=1S/C22H22Cl2N4O3S/c1-27-6-8-28(9-7-27)11-12-2-4-13(5-3-12)21(31)26-22-16(20(25)30)14-10-15(23)18(29)17(24)19(14)32-22/h2-5,10,29H,6-9,11H2,1H3,(H2,25,30)(H,26,31). The molecule has 0 bridgehead atoms. The minimum Gasteiger partial charge on any atom is -0.505 e. The van der Waals surface area contributed by atoms with Crippen molar-refractivity contribution in [2.45, 2.75) is 6.54 Å². The van der Waals surface area contributed by atoms with Crippen molar-refractivity contribution in [3.63, 3.8) is 0 Å². The summed E-state index contributed by atoms with van der Waals surface area (Å²) in [5.41, 5.74) is 7.24. The Morgan fingerprint density at radius 3 is 2.44 bits per heavy atom. The number of halogens is 2. The molecule has 0 saturated carbocycles. The number of thiophene rings is 1. The summed E-state index contributed by atoms with van der Waals surface area (Å²) < 4.78 is 0.417. The van der Waals surface area contributed by atoms with Crippen LogP contribution in [0.3, 0.4) is 0 Å². The molecule has 32 heavy (non-hydrogen) atoms. The molecule has 1 aromatic heterocycles. The van der Waals surface area contributed by atoms with E-state index in [0.717, 1.165) is 49.6 Å². The van der Waals surface area contributed by atoms with Gasteiger partial charge in [0, 0.05) is 43.7 Å². The second-order valence-corrected chi connectivity index (χ2v) is 9.60. The van der Waals surface area contributed by atoms with Crippen LogP contribution in [0.2, 0.25) is 10.0 Å². The van der Waals surface area contributed by atoms with Gasteiger partial charge in [0.25, 0.3) is 11.8 Å². The number of nitrogens with one attached hydrogen (secondary N) is 1. The predicted molar refractivity (Wildman–Crippen MR) is 129 cm³/mol. The van der Waals surface area contributed by atoms with Crippen LogP contribution in [0.1, 0.15) is 26.3 Å². The quantitative estimate of drug-likeness (QED) is 0.499. The molecule has 10 heteroatoms. The van der Waals surface area contributed by atoms with Crippen molar-refractivity contribution in [1.29, 1.82) is 0 Å². The molecule has 1 saturated heterocycles. The first kappa shape index (κ1) is 22.8. The lowest BCUT2D eigenvalue weighted by Gasteiger charge is -2.32. The number of primary amides is 1. The molecule has 1 fully saturated rings. The molecule has 0 atom stereocenters. The average Bonchev–Trinajstić information content (AvgIpc) is 3.12. The number of hydrogen-bond acceptors (Lipinski definition) is 6. The van der Waals surface area contributed by atoms with E-state index in [1.54, 1.807) is 12.1 Å². The van der Waals surface area contributed by atoms with E-state index in [1.165, 1.54) is 6.07 Å². The number of aromatic hydroxyl groups is 1. The van der Waals surface area contributed by atoms with E-state index in [0.29, 0.717) is 15.6 Å². The number of amides is 2. The lowest BCUT2D eigenvalue weighted by Crippen LogP contribution is -2.43. The van der Waals surface area contributed by atoms with E-state index in [9.17, 15) is 14.7 Å². The first-order chi connectivity index (χ1) is 15.2. The molecule has 0 spiro atoms. The highest BCUT2D eigenvalue weighted by molar-refractivity contribution is 7.24. The second kappa shape index (κ2) is 9.25. The Balaban J connectivity index is 1.54. The number of nitrogens with two attached hydrogens (primary N) is 1. The summed E-state index contributed by atoms with van der Waals surface area (Å²) in [4.78, 5) is 29.6. The minimum absolute atomic E-state index is 0.00313. The number of carbonyl (C=O) groups excluding carboxylic acids is 2. The third kappa shape index (κ3) is 4.55. The van der Waals surface area contributed by atoms with Gasteiger partial charge < -0.3 is 21.1 Å². The second-order valence-electron chi connectivity index (χ2n) is 7.80. The Labute approximate surface area is 199 Å². The molecule has 4 N–H and O–H groups in total. The van der Waals surface area contributed by atoms with Crippen molar-refractivity contribution in [2.75, 3.05) is 38.5 Å². The number of hydrogen-bond donors (Lipinski definition) is 3. The summed E-state index contributed by atoms with van der Waals surface area (Å²) in [6, 6.07) is 8.79. The smallest absolute Gasteiger partial charge is 0.256 e. The molecule has 0 unspecified atom stereocenters. The van der Waals surface area contributed by atoms with Gasteiger partial charge in [-0.3, -0.25) is 14.5 Å². The van der Waals surface area contributed by atoms with Crippen molar-refractivity contribution in [2.24, 2.45) is 5.73 Å². The monoisotopic (exact) mass is 492 g/mol. The van der Waals surface area contributed by atoms with E-state index in [1.807, 2.05) is 12.1 Å². The summed E-state index contributed by atoms with van der Waals surface area (Å²) >= 11 is 13.2. The molecule has 2 heterocycles. The van der Waals surface area contributed by atoms with Crippen LogP contribution in [-0.2, 0) is 6.54 Å². The molecule has 168 valence electrons. The Hall–Kier alpha value is -2.36. The predicted octanol–water partition coefficient (Wildman–Crippen LogP) is 4.01. The highest BCUT2D eigenvalue weighted by atomic mass is 35.5. The third-order valence-electron chi connectivity index (χ3n) is 5.54. The summed E-state index contributed by atoms with van der Waals surface area (Å²) in [6.07, 6.45) is 0. The zero-order chi connectivity index (χ0) is 23.0. The number of anilines is 1. The van der Waals surface area contributed by atoms with Crippen LogP contribution >= 0.6 is 34.5 Å². The maximum absolute atomic E-state index is 12.8. The number of rotatable bonds is 5. The zero-order valence-electron chi connectivity index (χ0n) is 17.3. The summed E-state index contributed by atoms with van der Waals surface area (Å²) in [5.74, 6) is -1.39. The molecule has 1 aliphatic rings. The number of phenols is 1. The van der Waals surface area contributed by atoms with E-state index in [4.69, 9.17) is 28.9 Å². The van der Waals surface area contributed by atoms with Gasteiger partial charge in [-0.15, -0.1) is 11.3 Å². The molecule has 7 nitrogen and oxygen atoms in total. The lowest BCUT2D eigenvalue weighted by atomic mass is 10.1. The number of fused-ring (bicyclic) bond motifs is 1. The van der Waals surface area contributed by atoms with Crippen LogP contribution in [-0.4, -0.2) is 59.9 Å². The number of piperazine rings is 1.